The van der Waals surface area contributed by atoms with E-state index >= 15 is 0 Å². The van der Waals surface area contributed by atoms with Gasteiger partial charge in [-0.3, -0.25) is 0 Å². The highest BCUT2D eigenvalue weighted by atomic mass is 16.5. The van der Waals surface area contributed by atoms with E-state index in [9.17, 15) is 14.7 Å². The summed E-state index contributed by atoms with van der Waals surface area (Å²) in [6.07, 6.45) is 2.08. The lowest BCUT2D eigenvalue weighted by Crippen LogP contribution is -2.04. The third-order valence-corrected chi connectivity index (χ3v) is 2.49. The summed E-state index contributed by atoms with van der Waals surface area (Å²) in [7, 11) is 0. The highest BCUT2D eigenvalue weighted by Crippen LogP contribution is 2.26. The summed E-state index contributed by atoms with van der Waals surface area (Å²) in [6, 6.07) is 3.37. The Morgan fingerprint density at radius 3 is 1.85 bits per heavy atom. The molecule has 0 fully saturated rings. The van der Waals surface area contributed by atoms with E-state index in [1.165, 1.54) is 0 Å². The zero-order valence-corrected chi connectivity index (χ0v) is 11.2. The van der Waals surface area contributed by atoms with Crippen molar-refractivity contribution < 1.29 is 24.2 Å². The summed E-state index contributed by atoms with van der Waals surface area (Å²) < 4.78 is 9.75. The van der Waals surface area contributed by atoms with Gasteiger partial charge in [0.15, 0.2) is 0 Å². The van der Waals surface area contributed by atoms with E-state index in [-0.39, 0.29) is 19.0 Å². The minimum Gasteiger partial charge on any atom is -0.507 e. The highest BCUT2D eigenvalue weighted by molar-refractivity contribution is 5.81. The van der Waals surface area contributed by atoms with E-state index in [0.29, 0.717) is 11.1 Å². The third-order valence-electron chi connectivity index (χ3n) is 2.49. The zero-order chi connectivity index (χ0) is 15.1. The average Bonchev–Trinajstić information content (AvgIpc) is 2.45. The fraction of sp³-hybridized carbons (Fsp3) is 0.200. The predicted octanol–water partition coefficient (Wildman–Crippen LogP) is 2.16. The lowest BCUT2D eigenvalue weighted by Gasteiger charge is -2.11. The molecule has 0 amide bonds. The molecule has 1 aromatic rings. The maximum atomic E-state index is 11.0. The molecular formula is C15H16O5. The predicted molar refractivity (Wildman–Crippen MR) is 72.8 cm³/mol. The highest BCUT2D eigenvalue weighted by Gasteiger charge is 2.11. The topological polar surface area (TPSA) is 72.8 Å². The number of esters is 2. The van der Waals surface area contributed by atoms with Crippen LogP contribution >= 0.6 is 0 Å². The van der Waals surface area contributed by atoms with E-state index in [4.69, 9.17) is 9.47 Å². The van der Waals surface area contributed by atoms with E-state index < -0.39 is 11.9 Å². The monoisotopic (exact) mass is 276 g/mol. The summed E-state index contributed by atoms with van der Waals surface area (Å²) in [5, 5.41) is 10.1. The second-order valence-electron chi connectivity index (χ2n) is 4.06. The fourth-order valence-corrected chi connectivity index (χ4v) is 1.57. The number of carbonyl (C=O) groups excluding carboxylic acids is 2. The summed E-state index contributed by atoms with van der Waals surface area (Å²) in [6.45, 7) is 8.22. The van der Waals surface area contributed by atoms with Crippen molar-refractivity contribution in [1.29, 1.82) is 0 Å². The minimum absolute atomic E-state index is 0.0654. The van der Waals surface area contributed by atoms with Crippen LogP contribution in [0.4, 0.5) is 0 Å². The first-order valence-electron chi connectivity index (χ1n) is 5.87. The summed E-state index contributed by atoms with van der Waals surface area (Å²) >= 11 is 0. The first-order chi connectivity index (χ1) is 9.47. The Balaban J connectivity index is 2.88. The Kier molecular flexibility index (Phi) is 5.53. The van der Waals surface area contributed by atoms with E-state index in [1.54, 1.807) is 12.1 Å². The molecule has 0 heterocycles. The maximum Gasteiger partial charge on any atom is 0.330 e. The number of hydrogen-bond acceptors (Lipinski definition) is 5. The molecule has 0 saturated carbocycles. The van der Waals surface area contributed by atoms with Crippen molar-refractivity contribution in [1.82, 2.24) is 0 Å². The van der Waals surface area contributed by atoms with Gasteiger partial charge in [-0.05, 0) is 19.1 Å². The van der Waals surface area contributed by atoms with Crippen molar-refractivity contribution >= 4 is 11.9 Å². The van der Waals surface area contributed by atoms with Crippen LogP contribution < -0.4 is 0 Å². The van der Waals surface area contributed by atoms with Gasteiger partial charge in [-0.15, -0.1) is 0 Å². The molecular weight excluding hydrogens is 260 g/mol. The standard InChI is InChI=1S/C15H16O5/c1-4-13(16)19-8-11-6-10(3)7-12(15(11)18)9-20-14(17)5-2/h4-7,18H,1-2,8-9H2,3H3. The number of aromatic hydroxyl groups is 1. The minimum atomic E-state index is -0.578. The molecule has 1 N–H and O–H groups in total. The van der Waals surface area contributed by atoms with Crippen molar-refractivity contribution in [2.45, 2.75) is 20.1 Å². The largest absolute Gasteiger partial charge is 0.507 e. The van der Waals surface area contributed by atoms with Crippen molar-refractivity contribution in [3.63, 3.8) is 0 Å². The molecule has 0 aliphatic carbocycles. The van der Waals surface area contributed by atoms with Gasteiger partial charge in [-0.1, -0.05) is 18.7 Å². The van der Waals surface area contributed by atoms with Crippen LogP contribution in [0, 0.1) is 6.92 Å². The van der Waals surface area contributed by atoms with Crippen molar-refractivity contribution in [2.24, 2.45) is 0 Å². The van der Waals surface area contributed by atoms with Crippen LogP contribution in [0.25, 0.3) is 0 Å². The Morgan fingerprint density at radius 2 is 1.50 bits per heavy atom. The van der Waals surface area contributed by atoms with Crippen LogP contribution in [0.2, 0.25) is 0 Å². The molecule has 0 bridgehead atoms. The number of carbonyl (C=O) groups is 2. The normalized spacial score (nSPS) is 9.65. The molecule has 0 aliphatic rings. The van der Waals surface area contributed by atoms with E-state index in [0.717, 1.165) is 17.7 Å². The molecule has 0 radical (unpaired) electrons. The zero-order valence-electron chi connectivity index (χ0n) is 11.2. The molecule has 106 valence electrons. The van der Waals surface area contributed by atoms with Crippen LogP contribution in [0.3, 0.4) is 0 Å². The lowest BCUT2D eigenvalue weighted by molar-refractivity contribution is -0.139. The van der Waals surface area contributed by atoms with Crippen LogP contribution in [0.1, 0.15) is 16.7 Å². The first kappa shape index (κ1) is 15.5. The third kappa shape index (κ3) is 4.28. The van der Waals surface area contributed by atoms with Crippen LogP contribution in [0.5, 0.6) is 5.75 Å². The van der Waals surface area contributed by atoms with Gasteiger partial charge in [0, 0.05) is 23.3 Å². The summed E-state index contributed by atoms with van der Waals surface area (Å²) in [5.41, 5.74) is 1.71. The Hall–Kier alpha value is -2.56. The Bertz CT molecular complexity index is 500. The molecule has 20 heavy (non-hydrogen) atoms. The van der Waals surface area contributed by atoms with Crippen LogP contribution in [-0.4, -0.2) is 17.0 Å². The van der Waals surface area contributed by atoms with Gasteiger partial charge in [0.1, 0.15) is 19.0 Å². The van der Waals surface area contributed by atoms with Gasteiger partial charge in [0.05, 0.1) is 0 Å². The molecule has 0 spiro atoms. The van der Waals surface area contributed by atoms with Crippen LogP contribution in [0.15, 0.2) is 37.4 Å². The number of aryl methyl sites for hydroxylation is 1. The molecule has 1 aromatic carbocycles. The lowest BCUT2D eigenvalue weighted by atomic mass is 10.1. The molecule has 0 aliphatic heterocycles. The number of hydrogen-bond donors (Lipinski definition) is 1. The Labute approximate surface area is 117 Å². The number of phenols is 1. The summed E-state index contributed by atoms with van der Waals surface area (Å²) in [5.74, 6) is -1.22. The fourth-order valence-electron chi connectivity index (χ4n) is 1.57. The maximum absolute atomic E-state index is 11.0. The quantitative estimate of drug-likeness (QED) is 0.636. The molecule has 0 unspecified atom stereocenters. The van der Waals surface area contributed by atoms with Crippen molar-refractivity contribution in [3.8, 4) is 5.75 Å². The molecule has 1 rings (SSSR count). The molecule has 0 saturated heterocycles. The van der Waals surface area contributed by atoms with E-state index in [2.05, 4.69) is 13.2 Å². The first-order valence-corrected chi connectivity index (χ1v) is 5.87. The van der Waals surface area contributed by atoms with Gasteiger partial charge in [-0.25, -0.2) is 9.59 Å². The van der Waals surface area contributed by atoms with Gasteiger partial charge in [0.25, 0.3) is 0 Å². The SMILES string of the molecule is C=CC(=O)OCc1cc(C)cc(COC(=O)C=C)c1O. The number of rotatable bonds is 6. The van der Waals surface area contributed by atoms with Gasteiger partial charge >= 0.3 is 11.9 Å². The van der Waals surface area contributed by atoms with E-state index in [1.807, 2.05) is 6.92 Å². The number of ether oxygens (including phenoxy) is 2. The molecule has 5 nitrogen and oxygen atoms in total. The molecule has 5 heteroatoms. The Morgan fingerprint density at radius 1 is 1.10 bits per heavy atom. The van der Waals surface area contributed by atoms with Gasteiger partial charge < -0.3 is 14.6 Å². The number of phenolic OH excluding ortho intramolecular Hbond substituents is 1. The van der Waals surface area contributed by atoms with Gasteiger partial charge in [-0.2, -0.15) is 0 Å². The summed E-state index contributed by atoms with van der Waals surface area (Å²) in [4.78, 5) is 22.0. The molecule has 0 atom stereocenters. The average molecular weight is 276 g/mol. The van der Waals surface area contributed by atoms with Gasteiger partial charge in [0.2, 0.25) is 0 Å². The van der Waals surface area contributed by atoms with Crippen LogP contribution in [-0.2, 0) is 32.3 Å². The van der Waals surface area contributed by atoms with Crippen molar-refractivity contribution in [2.75, 3.05) is 0 Å². The smallest absolute Gasteiger partial charge is 0.330 e. The second-order valence-corrected chi connectivity index (χ2v) is 4.06. The number of benzene rings is 1. The van der Waals surface area contributed by atoms with Crippen molar-refractivity contribution in [3.05, 3.63) is 54.1 Å². The molecule has 0 aromatic heterocycles. The second kappa shape index (κ2) is 7.13.